The molecule has 3 aromatic rings. The van der Waals surface area contributed by atoms with Crippen LogP contribution in [-0.4, -0.2) is 28.5 Å². The Balaban J connectivity index is 1.45. The van der Waals surface area contributed by atoms with Crippen LogP contribution in [-0.2, 0) is 16.2 Å². The maximum atomic E-state index is 12.9. The summed E-state index contributed by atoms with van der Waals surface area (Å²) >= 11 is 16.3. The van der Waals surface area contributed by atoms with Gasteiger partial charge in [-0.05, 0) is 60.3 Å². The molecule has 1 aliphatic rings. The van der Waals surface area contributed by atoms with Crippen molar-refractivity contribution in [1.29, 1.82) is 0 Å². The molecule has 1 fully saturated rings. The summed E-state index contributed by atoms with van der Waals surface area (Å²) < 4.78 is 6.79. The first-order valence-corrected chi connectivity index (χ1v) is 12.6. The number of rotatable bonds is 7. The summed E-state index contributed by atoms with van der Waals surface area (Å²) in [4.78, 5) is 38.9. The van der Waals surface area contributed by atoms with Crippen LogP contribution in [0.2, 0.25) is 10.0 Å². The third-order valence-electron chi connectivity index (χ3n) is 4.91. The SMILES string of the molecule is O=C(CN1C(=O)S/C(=C/c2ccccc2OCc2ccc(Cl)cc2Cl)C1=O)Nc1ccc(Br)cc1. The summed E-state index contributed by atoms with van der Waals surface area (Å²) in [5, 5.41) is 3.17. The van der Waals surface area contributed by atoms with E-state index in [9.17, 15) is 14.4 Å². The maximum Gasteiger partial charge on any atom is 0.294 e. The maximum absolute atomic E-state index is 12.9. The Morgan fingerprint density at radius 2 is 1.80 bits per heavy atom. The van der Waals surface area contributed by atoms with E-state index in [-0.39, 0.29) is 18.1 Å². The van der Waals surface area contributed by atoms with Crippen molar-refractivity contribution in [2.45, 2.75) is 6.61 Å². The minimum Gasteiger partial charge on any atom is -0.488 e. The van der Waals surface area contributed by atoms with Gasteiger partial charge in [0, 0.05) is 31.3 Å². The molecule has 35 heavy (non-hydrogen) atoms. The van der Waals surface area contributed by atoms with E-state index in [2.05, 4.69) is 21.2 Å². The smallest absolute Gasteiger partial charge is 0.294 e. The summed E-state index contributed by atoms with van der Waals surface area (Å²) in [7, 11) is 0. The molecule has 1 N–H and O–H groups in total. The van der Waals surface area contributed by atoms with Crippen molar-refractivity contribution in [3.63, 3.8) is 0 Å². The molecule has 0 spiro atoms. The fourth-order valence-electron chi connectivity index (χ4n) is 3.18. The number of ether oxygens (including phenoxy) is 1. The molecule has 4 rings (SSSR count). The highest BCUT2D eigenvalue weighted by Crippen LogP contribution is 2.34. The average molecular weight is 592 g/mol. The van der Waals surface area contributed by atoms with E-state index in [1.54, 1.807) is 72.8 Å². The third kappa shape index (κ3) is 6.46. The topological polar surface area (TPSA) is 75.7 Å². The molecule has 0 unspecified atom stereocenters. The van der Waals surface area contributed by atoms with Crippen molar-refractivity contribution in [2.24, 2.45) is 0 Å². The Kier molecular flexibility index (Phi) is 8.18. The number of anilines is 1. The minimum atomic E-state index is -0.540. The normalized spacial score (nSPS) is 14.5. The second-order valence-corrected chi connectivity index (χ2v) is 10.1. The number of thioether (sulfide) groups is 1. The molecular formula is C25H17BrCl2N2O4S. The van der Waals surface area contributed by atoms with Crippen LogP contribution >= 0.6 is 50.9 Å². The summed E-state index contributed by atoms with van der Waals surface area (Å²) in [6.07, 6.45) is 1.58. The summed E-state index contributed by atoms with van der Waals surface area (Å²) in [5.74, 6) is -0.501. The molecule has 178 valence electrons. The van der Waals surface area contributed by atoms with Gasteiger partial charge < -0.3 is 10.1 Å². The predicted molar refractivity (Wildman–Crippen MR) is 143 cm³/mol. The number of carbonyl (C=O) groups excluding carboxylic acids is 3. The second-order valence-electron chi connectivity index (χ2n) is 7.39. The zero-order valence-electron chi connectivity index (χ0n) is 18.0. The highest BCUT2D eigenvalue weighted by molar-refractivity contribution is 9.10. The molecule has 10 heteroatoms. The monoisotopic (exact) mass is 590 g/mol. The Labute approximate surface area is 224 Å². The number of carbonyl (C=O) groups is 3. The number of imide groups is 1. The molecule has 0 aromatic heterocycles. The minimum absolute atomic E-state index is 0.193. The lowest BCUT2D eigenvalue weighted by Gasteiger charge is -2.13. The molecule has 1 heterocycles. The van der Waals surface area contributed by atoms with Gasteiger partial charge in [0.2, 0.25) is 5.91 Å². The fourth-order valence-corrected chi connectivity index (χ4v) is 4.74. The number of hydrogen-bond acceptors (Lipinski definition) is 5. The van der Waals surface area contributed by atoms with Crippen LogP contribution in [0.4, 0.5) is 10.5 Å². The number of para-hydroxylation sites is 1. The van der Waals surface area contributed by atoms with Gasteiger partial charge >= 0.3 is 0 Å². The predicted octanol–water partition coefficient (Wildman–Crippen LogP) is 7.01. The standard InChI is InChI=1S/C25H17BrCl2N2O4S/c26-17-6-9-19(10-7-17)29-23(31)13-30-24(32)22(35-25(30)33)11-15-3-1-2-4-21(15)34-14-16-5-8-18(27)12-20(16)28/h1-12H,13-14H2,(H,29,31)/b22-11+. The number of hydrogen-bond donors (Lipinski definition) is 1. The zero-order chi connectivity index (χ0) is 24.9. The van der Waals surface area contributed by atoms with E-state index in [1.165, 1.54) is 0 Å². The van der Waals surface area contributed by atoms with Crippen LogP contribution in [0, 0.1) is 0 Å². The van der Waals surface area contributed by atoms with Gasteiger partial charge in [0.15, 0.2) is 0 Å². The molecule has 0 bridgehead atoms. The van der Waals surface area contributed by atoms with Crippen molar-refractivity contribution in [3.05, 3.63) is 97.3 Å². The molecule has 0 saturated carbocycles. The molecule has 1 saturated heterocycles. The number of nitrogens with one attached hydrogen (secondary N) is 1. The van der Waals surface area contributed by atoms with E-state index >= 15 is 0 Å². The van der Waals surface area contributed by atoms with Gasteiger partial charge in [-0.3, -0.25) is 19.3 Å². The van der Waals surface area contributed by atoms with Crippen LogP contribution in [0.15, 0.2) is 76.1 Å². The van der Waals surface area contributed by atoms with Crippen LogP contribution < -0.4 is 10.1 Å². The lowest BCUT2D eigenvalue weighted by molar-refractivity contribution is -0.127. The van der Waals surface area contributed by atoms with Crippen LogP contribution in [0.5, 0.6) is 5.75 Å². The lowest BCUT2D eigenvalue weighted by Crippen LogP contribution is -2.36. The van der Waals surface area contributed by atoms with E-state index in [0.717, 1.165) is 26.7 Å². The van der Waals surface area contributed by atoms with Gasteiger partial charge in [-0.2, -0.15) is 0 Å². The quantitative estimate of drug-likeness (QED) is 0.299. The van der Waals surface area contributed by atoms with Crippen molar-refractivity contribution < 1.29 is 19.1 Å². The molecular weight excluding hydrogens is 575 g/mol. The van der Waals surface area contributed by atoms with Gasteiger partial charge in [0.05, 0.1) is 4.91 Å². The molecule has 6 nitrogen and oxygen atoms in total. The number of benzene rings is 3. The third-order valence-corrected chi connectivity index (χ3v) is 6.93. The molecule has 0 atom stereocenters. The molecule has 3 aromatic carbocycles. The van der Waals surface area contributed by atoms with Gasteiger partial charge in [0.25, 0.3) is 11.1 Å². The Morgan fingerprint density at radius 3 is 2.54 bits per heavy atom. The van der Waals surface area contributed by atoms with Crippen molar-refractivity contribution in [1.82, 2.24) is 4.90 Å². The van der Waals surface area contributed by atoms with E-state index < -0.39 is 17.1 Å². The van der Waals surface area contributed by atoms with Crippen molar-refractivity contribution in [3.8, 4) is 5.75 Å². The van der Waals surface area contributed by atoms with Crippen LogP contribution in [0.3, 0.4) is 0 Å². The lowest BCUT2D eigenvalue weighted by atomic mass is 10.1. The Bertz CT molecular complexity index is 1330. The Morgan fingerprint density at radius 1 is 1.06 bits per heavy atom. The van der Waals surface area contributed by atoms with Crippen LogP contribution in [0.25, 0.3) is 6.08 Å². The largest absolute Gasteiger partial charge is 0.488 e. The zero-order valence-corrected chi connectivity index (χ0v) is 21.9. The van der Waals surface area contributed by atoms with Gasteiger partial charge in [-0.15, -0.1) is 0 Å². The van der Waals surface area contributed by atoms with Crippen molar-refractivity contribution >= 4 is 79.7 Å². The van der Waals surface area contributed by atoms with Crippen LogP contribution in [0.1, 0.15) is 11.1 Å². The first kappa shape index (κ1) is 25.3. The summed E-state index contributed by atoms with van der Waals surface area (Å²) in [6.45, 7) is -0.191. The van der Waals surface area contributed by atoms with Gasteiger partial charge in [-0.25, -0.2) is 0 Å². The van der Waals surface area contributed by atoms with Gasteiger partial charge in [-0.1, -0.05) is 63.4 Å². The molecule has 0 aliphatic carbocycles. The van der Waals surface area contributed by atoms with E-state index in [0.29, 0.717) is 27.0 Å². The first-order valence-electron chi connectivity index (χ1n) is 10.3. The number of amides is 3. The summed E-state index contributed by atoms with van der Waals surface area (Å²) in [6, 6.07) is 19.2. The number of halogens is 3. The van der Waals surface area contributed by atoms with Gasteiger partial charge in [0.1, 0.15) is 18.9 Å². The molecule has 1 aliphatic heterocycles. The van der Waals surface area contributed by atoms with Crippen molar-refractivity contribution in [2.75, 3.05) is 11.9 Å². The highest BCUT2D eigenvalue weighted by Gasteiger charge is 2.36. The first-order chi connectivity index (χ1) is 16.8. The highest BCUT2D eigenvalue weighted by atomic mass is 79.9. The summed E-state index contributed by atoms with van der Waals surface area (Å²) in [5.41, 5.74) is 1.93. The van der Waals surface area contributed by atoms with E-state index in [4.69, 9.17) is 27.9 Å². The molecule has 3 amide bonds. The van der Waals surface area contributed by atoms with E-state index in [1.807, 2.05) is 0 Å². The average Bonchev–Trinajstić information content (AvgIpc) is 3.08. The Hall–Kier alpha value is -2.78. The molecule has 0 radical (unpaired) electrons. The number of nitrogens with zero attached hydrogens (tertiary/aromatic N) is 1. The second kappa shape index (κ2) is 11.3. The fraction of sp³-hybridized carbons (Fsp3) is 0.0800.